The van der Waals surface area contributed by atoms with Crippen molar-refractivity contribution in [2.24, 2.45) is 0 Å². The van der Waals surface area contributed by atoms with Gasteiger partial charge in [0.25, 0.3) is 6.01 Å². The normalized spacial score (nSPS) is 11.0. The minimum absolute atomic E-state index is 0.303. The smallest absolute Gasteiger partial charge is 0.404 e. The lowest BCUT2D eigenvalue weighted by Crippen LogP contribution is -2.26. The average molecular weight is 361 g/mol. The van der Waals surface area contributed by atoms with Crippen molar-refractivity contribution in [3.63, 3.8) is 0 Å². The summed E-state index contributed by atoms with van der Waals surface area (Å²) in [7, 11) is 0. The zero-order valence-electron chi connectivity index (χ0n) is 15.7. The van der Waals surface area contributed by atoms with Crippen molar-refractivity contribution in [2.75, 3.05) is 18.4 Å². The summed E-state index contributed by atoms with van der Waals surface area (Å²) < 4.78 is 5.70. The Kier molecular flexibility index (Phi) is 8.79. The van der Waals surface area contributed by atoms with E-state index in [2.05, 4.69) is 34.7 Å². The Bertz CT molecular complexity index is 669. The van der Waals surface area contributed by atoms with Crippen molar-refractivity contribution in [2.45, 2.75) is 64.7 Å². The summed E-state index contributed by atoms with van der Waals surface area (Å²) in [5.74, 6) is 0. The number of nitrogens with one attached hydrogen (secondary N) is 2. The van der Waals surface area contributed by atoms with Gasteiger partial charge < -0.3 is 20.2 Å². The number of fused-ring (bicyclic) bond motifs is 1. The number of benzene rings is 1. The van der Waals surface area contributed by atoms with E-state index in [9.17, 15) is 4.79 Å². The Morgan fingerprint density at radius 1 is 1.08 bits per heavy atom. The third kappa shape index (κ3) is 7.33. The van der Waals surface area contributed by atoms with E-state index in [1.54, 1.807) is 0 Å². The Morgan fingerprint density at radius 3 is 2.54 bits per heavy atom. The van der Waals surface area contributed by atoms with Gasteiger partial charge in [-0.1, -0.05) is 57.9 Å². The molecule has 144 valence electrons. The molecule has 0 fully saturated rings. The maximum absolute atomic E-state index is 10.4. The molecule has 6 nitrogen and oxygen atoms in total. The first-order valence-electron chi connectivity index (χ1n) is 9.79. The zero-order chi connectivity index (χ0) is 18.6. The Balaban J connectivity index is 1.70. The van der Waals surface area contributed by atoms with Gasteiger partial charge in [-0.05, 0) is 30.5 Å². The van der Waals surface area contributed by atoms with Crippen LogP contribution in [0.1, 0.15) is 63.9 Å². The number of carbonyl (C=O) groups is 1. The summed E-state index contributed by atoms with van der Waals surface area (Å²) in [5.41, 5.74) is 2.87. The highest BCUT2D eigenvalue weighted by Crippen LogP contribution is 2.21. The van der Waals surface area contributed by atoms with Crippen molar-refractivity contribution in [1.82, 2.24) is 10.3 Å². The molecule has 0 unspecified atom stereocenters. The van der Waals surface area contributed by atoms with Gasteiger partial charge in [-0.25, -0.2) is 4.79 Å². The van der Waals surface area contributed by atoms with Gasteiger partial charge in [0.05, 0.1) is 0 Å². The van der Waals surface area contributed by atoms with Crippen molar-refractivity contribution in [3.05, 3.63) is 23.8 Å². The number of anilines is 1. The van der Waals surface area contributed by atoms with Crippen LogP contribution in [0.4, 0.5) is 10.8 Å². The van der Waals surface area contributed by atoms with Gasteiger partial charge in [0.1, 0.15) is 5.52 Å². The second-order valence-electron chi connectivity index (χ2n) is 6.70. The predicted molar refractivity (Wildman–Crippen MR) is 105 cm³/mol. The molecule has 0 saturated carbocycles. The molecule has 2 rings (SSSR count). The fourth-order valence-corrected chi connectivity index (χ4v) is 3.00. The van der Waals surface area contributed by atoms with Crippen molar-refractivity contribution >= 4 is 23.2 Å². The molecule has 0 aliphatic carbocycles. The van der Waals surface area contributed by atoms with Crippen LogP contribution in [-0.4, -0.2) is 29.3 Å². The topological polar surface area (TPSA) is 87.4 Å². The van der Waals surface area contributed by atoms with Gasteiger partial charge in [-0.2, -0.15) is 4.98 Å². The summed E-state index contributed by atoms with van der Waals surface area (Å²) in [6.07, 6.45) is 10.6. The minimum atomic E-state index is -1.03. The first-order valence-corrected chi connectivity index (χ1v) is 9.79. The first-order chi connectivity index (χ1) is 12.7. The molecule has 0 radical (unpaired) electrons. The maximum Gasteiger partial charge on any atom is 0.404 e. The van der Waals surface area contributed by atoms with Crippen molar-refractivity contribution < 1.29 is 14.3 Å². The quantitative estimate of drug-likeness (QED) is 0.427. The minimum Gasteiger partial charge on any atom is -0.465 e. The molecule has 2 aromatic rings. The van der Waals surface area contributed by atoms with Crippen LogP contribution >= 0.6 is 0 Å². The van der Waals surface area contributed by atoms with E-state index >= 15 is 0 Å². The summed E-state index contributed by atoms with van der Waals surface area (Å²) in [6.45, 7) is 2.99. The Morgan fingerprint density at radius 2 is 1.81 bits per heavy atom. The second-order valence-corrected chi connectivity index (χ2v) is 6.70. The number of amides is 1. The van der Waals surface area contributed by atoms with E-state index in [0.29, 0.717) is 19.1 Å². The molecule has 0 atom stereocenters. The second kappa shape index (κ2) is 11.4. The number of hydrogen-bond acceptors (Lipinski definition) is 4. The molecule has 3 N–H and O–H groups in total. The van der Waals surface area contributed by atoms with Crippen molar-refractivity contribution in [1.29, 1.82) is 0 Å². The van der Waals surface area contributed by atoms with Crippen LogP contribution in [0.25, 0.3) is 11.1 Å². The Hall–Kier alpha value is -2.24. The average Bonchev–Trinajstić information content (AvgIpc) is 3.03. The fraction of sp³-hybridized carbons (Fsp3) is 0.600. The van der Waals surface area contributed by atoms with Crippen LogP contribution in [-0.2, 0) is 6.42 Å². The number of unbranched alkanes of at least 4 members (excludes halogenated alkanes) is 7. The third-order valence-corrected chi connectivity index (χ3v) is 4.45. The van der Waals surface area contributed by atoms with E-state index in [4.69, 9.17) is 9.52 Å². The molecular formula is C20H31N3O3. The monoisotopic (exact) mass is 361 g/mol. The molecule has 1 amide bonds. The van der Waals surface area contributed by atoms with E-state index in [0.717, 1.165) is 17.5 Å². The molecule has 1 heterocycles. The summed E-state index contributed by atoms with van der Waals surface area (Å²) in [6, 6.07) is 6.59. The lowest BCUT2D eigenvalue weighted by atomic mass is 10.0. The highest BCUT2D eigenvalue weighted by Gasteiger charge is 2.06. The van der Waals surface area contributed by atoms with Crippen LogP contribution in [0.15, 0.2) is 22.6 Å². The number of rotatable bonds is 13. The molecule has 26 heavy (non-hydrogen) atoms. The molecule has 1 aromatic heterocycles. The SMILES string of the molecule is CCCCCCCCCCc1ccc2nc(NCCNC(=O)O)oc2c1. The fourth-order valence-electron chi connectivity index (χ4n) is 3.00. The van der Waals surface area contributed by atoms with Crippen LogP contribution < -0.4 is 10.6 Å². The summed E-state index contributed by atoms with van der Waals surface area (Å²) in [5, 5.41) is 13.8. The zero-order valence-corrected chi connectivity index (χ0v) is 15.7. The molecule has 0 aliphatic rings. The molecule has 0 saturated heterocycles. The lowest BCUT2D eigenvalue weighted by molar-refractivity contribution is 0.195. The standard InChI is InChI=1S/C20H31N3O3/c1-2-3-4-5-6-7-8-9-10-16-11-12-17-18(15-16)26-19(23-17)21-13-14-22-20(24)25/h11-12,15,22H,2-10,13-14H2,1H3,(H,21,23)(H,24,25). The number of oxazole rings is 1. The maximum atomic E-state index is 10.4. The lowest BCUT2D eigenvalue weighted by Gasteiger charge is -2.02. The van der Waals surface area contributed by atoms with Gasteiger partial charge in [0.15, 0.2) is 5.58 Å². The van der Waals surface area contributed by atoms with E-state index in [1.807, 2.05) is 6.07 Å². The van der Waals surface area contributed by atoms with Crippen LogP contribution in [0.2, 0.25) is 0 Å². The molecule has 1 aromatic carbocycles. The van der Waals surface area contributed by atoms with Gasteiger partial charge in [0.2, 0.25) is 0 Å². The molecule has 6 heteroatoms. The number of aryl methyl sites for hydroxylation is 1. The molecular weight excluding hydrogens is 330 g/mol. The van der Waals surface area contributed by atoms with Gasteiger partial charge in [-0.15, -0.1) is 0 Å². The number of carboxylic acid groups (broad SMARTS) is 1. The van der Waals surface area contributed by atoms with Gasteiger partial charge in [0, 0.05) is 13.1 Å². The van der Waals surface area contributed by atoms with Crippen LogP contribution in [0.3, 0.4) is 0 Å². The predicted octanol–water partition coefficient (Wildman–Crippen LogP) is 5.19. The van der Waals surface area contributed by atoms with Crippen molar-refractivity contribution in [3.8, 4) is 0 Å². The molecule has 0 aliphatic heterocycles. The molecule has 0 bridgehead atoms. The highest BCUT2D eigenvalue weighted by atomic mass is 16.4. The summed E-state index contributed by atoms with van der Waals surface area (Å²) in [4.78, 5) is 14.8. The van der Waals surface area contributed by atoms with E-state index in [-0.39, 0.29) is 0 Å². The first kappa shape index (κ1) is 20.1. The number of nitrogens with zero attached hydrogens (tertiary/aromatic N) is 1. The number of hydrogen-bond donors (Lipinski definition) is 3. The van der Waals surface area contributed by atoms with Crippen LogP contribution in [0, 0.1) is 0 Å². The Labute approximate surface area is 155 Å². The van der Waals surface area contributed by atoms with E-state index in [1.165, 1.54) is 56.9 Å². The third-order valence-electron chi connectivity index (χ3n) is 4.45. The largest absolute Gasteiger partial charge is 0.465 e. The van der Waals surface area contributed by atoms with E-state index < -0.39 is 6.09 Å². The molecule has 0 spiro atoms. The number of aromatic nitrogens is 1. The van der Waals surface area contributed by atoms with Gasteiger partial charge in [-0.3, -0.25) is 0 Å². The van der Waals surface area contributed by atoms with Gasteiger partial charge >= 0.3 is 6.09 Å². The van der Waals surface area contributed by atoms with Crippen LogP contribution in [0.5, 0.6) is 0 Å². The summed E-state index contributed by atoms with van der Waals surface area (Å²) >= 11 is 0. The highest BCUT2D eigenvalue weighted by molar-refractivity contribution is 5.75.